The van der Waals surface area contributed by atoms with E-state index in [4.69, 9.17) is 11.6 Å². The second kappa shape index (κ2) is 7.31. The molecule has 0 aliphatic carbocycles. The average Bonchev–Trinajstić information content (AvgIpc) is 2.33. The van der Waals surface area contributed by atoms with Crippen LogP contribution in [0.25, 0.3) is 0 Å². The van der Waals surface area contributed by atoms with Gasteiger partial charge in [-0.3, -0.25) is 4.79 Å². The van der Waals surface area contributed by atoms with Gasteiger partial charge in [-0.15, -0.1) is 6.58 Å². The quantitative estimate of drug-likeness (QED) is 0.751. The maximum absolute atomic E-state index is 11.8. The van der Waals surface area contributed by atoms with Gasteiger partial charge in [-0.05, 0) is 12.3 Å². The highest BCUT2D eigenvalue weighted by Crippen LogP contribution is 2.15. The van der Waals surface area contributed by atoms with Crippen LogP contribution in [0.4, 0.5) is 5.69 Å². The van der Waals surface area contributed by atoms with Crippen molar-refractivity contribution in [1.82, 2.24) is 9.78 Å². The molecule has 1 unspecified atom stereocenters. The van der Waals surface area contributed by atoms with E-state index in [1.54, 1.807) is 6.08 Å². The lowest BCUT2D eigenvalue weighted by atomic mass is 10.1. The number of allylic oxidation sites excluding steroid dienone is 1. The van der Waals surface area contributed by atoms with Crippen LogP contribution < -0.4 is 10.9 Å². The lowest BCUT2D eigenvalue weighted by Gasteiger charge is -2.15. The van der Waals surface area contributed by atoms with E-state index in [1.807, 2.05) is 13.8 Å². The van der Waals surface area contributed by atoms with Crippen molar-refractivity contribution in [2.75, 3.05) is 11.9 Å². The predicted octanol–water partition coefficient (Wildman–Crippen LogP) is 1.90. The third-order valence-corrected chi connectivity index (χ3v) is 2.92. The third-order valence-electron chi connectivity index (χ3n) is 2.56. The zero-order valence-electron chi connectivity index (χ0n) is 11.3. The Kier molecular flexibility index (Phi) is 6.05. The van der Waals surface area contributed by atoms with Gasteiger partial charge >= 0.3 is 0 Å². The highest BCUT2D eigenvalue weighted by Gasteiger charge is 2.11. The molecule has 1 rings (SSSR count). The average molecular weight is 286 g/mol. The number of anilines is 1. The number of nitrogens with one attached hydrogen (secondary N) is 1. The molecule has 1 aromatic heterocycles. The van der Waals surface area contributed by atoms with Gasteiger partial charge in [0.25, 0.3) is 5.56 Å². The number of halogens is 1. The monoisotopic (exact) mass is 285 g/mol. The molecule has 0 bridgehead atoms. The molecule has 1 heterocycles. The fraction of sp³-hybridized carbons (Fsp3) is 0.538. The molecular weight excluding hydrogens is 266 g/mol. The Morgan fingerprint density at radius 2 is 2.32 bits per heavy atom. The molecule has 19 heavy (non-hydrogen) atoms. The van der Waals surface area contributed by atoms with E-state index < -0.39 is 6.10 Å². The molecule has 0 fully saturated rings. The van der Waals surface area contributed by atoms with Crippen molar-refractivity contribution in [3.05, 3.63) is 34.2 Å². The van der Waals surface area contributed by atoms with Gasteiger partial charge in [0, 0.05) is 6.54 Å². The minimum atomic E-state index is -0.480. The van der Waals surface area contributed by atoms with Gasteiger partial charge < -0.3 is 10.4 Å². The molecule has 0 aliphatic heterocycles. The summed E-state index contributed by atoms with van der Waals surface area (Å²) in [6, 6.07) is 0. The van der Waals surface area contributed by atoms with E-state index >= 15 is 0 Å². The molecule has 0 spiro atoms. The summed E-state index contributed by atoms with van der Waals surface area (Å²) in [5.74, 6) is 0.408. The van der Waals surface area contributed by atoms with Crippen molar-refractivity contribution in [2.24, 2.45) is 5.92 Å². The van der Waals surface area contributed by atoms with Gasteiger partial charge in [-0.1, -0.05) is 31.5 Å². The standard InChI is InChI=1S/C13H20ClN3O2/c1-4-5-17-13(19)12(14)11(8-16-17)15-7-10(18)6-9(2)3/h4,8-10,15,18H,1,5-7H2,2-3H3. The van der Waals surface area contributed by atoms with Gasteiger partial charge in [0.1, 0.15) is 5.02 Å². The van der Waals surface area contributed by atoms with Crippen LogP contribution in [0.5, 0.6) is 0 Å². The second-order valence-electron chi connectivity index (χ2n) is 4.81. The first kappa shape index (κ1) is 15.7. The summed E-state index contributed by atoms with van der Waals surface area (Å²) in [6.07, 6.45) is 3.26. The molecule has 1 aromatic rings. The first-order valence-corrected chi connectivity index (χ1v) is 6.62. The summed E-state index contributed by atoms with van der Waals surface area (Å²) >= 11 is 5.97. The fourth-order valence-electron chi connectivity index (χ4n) is 1.70. The zero-order chi connectivity index (χ0) is 14.4. The largest absolute Gasteiger partial charge is 0.391 e. The summed E-state index contributed by atoms with van der Waals surface area (Å²) in [5.41, 5.74) is 0.0692. The predicted molar refractivity (Wildman–Crippen MR) is 77.7 cm³/mol. The number of aliphatic hydroxyl groups is 1. The van der Waals surface area contributed by atoms with E-state index in [2.05, 4.69) is 17.0 Å². The Balaban J connectivity index is 2.72. The van der Waals surface area contributed by atoms with Crippen molar-refractivity contribution in [3.8, 4) is 0 Å². The van der Waals surface area contributed by atoms with Gasteiger partial charge in [0.05, 0.1) is 24.5 Å². The van der Waals surface area contributed by atoms with Gasteiger partial charge in [0.15, 0.2) is 0 Å². The molecule has 0 aliphatic rings. The molecular formula is C13H20ClN3O2. The SMILES string of the molecule is C=CCn1ncc(NCC(O)CC(C)C)c(Cl)c1=O. The smallest absolute Gasteiger partial charge is 0.287 e. The Bertz CT molecular complexity index is 485. The van der Waals surface area contributed by atoms with Gasteiger partial charge in [-0.2, -0.15) is 5.10 Å². The minimum Gasteiger partial charge on any atom is -0.391 e. The fourth-order valence-corrected chi connectivity index (χ4v) is 1.91. The molecule has 0 saturated carbocycles. The number of aromatic nitrogens is 2. The second-order valence-corrected chi connectivity index (χ2v) is 5.19. The first-order valence-electron chi connectivity index (χ1n) is 6.24. The van der Waals surface area contributed by atoms with Crippen molar-refractivity contribution in [3.63, 3.8) is 0 Å². The Morgan fingerprint density at radius 3 is 2.89 bits per heavy atom. The minimum absolute atomic E-state index is 0.0774. The Morgan fingerprint density at radius 1 is 1.63 bits per heavy atom. The van der Waals surface area contributed by atoms with E-state index in [0.29, 0.717) is 31.1 Å². The lowest BCUT2D eigenvalue weighted by molar-refractivity contribution is 0.161. The molecule has 1 atom stereocenters. The maximum atomic E-state index is 11.8. The molecule has 5 nitrogen and oxygen atoms in total. The van der Waals surface area contributed by atoms with E-state index in [-0.39, 0.29) is 10.6 Å². The molecule has 6 heteroatoms. The summed E-state index contributed by atoms with van der Waals surface area (Å²) in [5, 5.41) is 16.8. The summed E-state index contributed by atoms with van der Waals surface area (Å²) < 4.78 is 1.23. The zero-order valence-corrected chi connectivity index (χ0v) is 12.0. The summed E-state index contributed by atoms with van der Waals surface area (Å²) in [4.78, 5) is 11.8. The molecule has 2 N–H and O–H groups in total. The van der Waals surface area contributed by atoms with Crippen LogP contribution in [0.2, 0.25) is 5.02 Å². The topological polar surface area (TPSA) is 67.2 Å². The third kappa shape index (κ3) is 4.69. The summed E-state index contributed by atoms with van der Waals surface area (Å²) in [7, 11) is 0. The highest BCUT2D eigenvalue weighted by molar-refractivity contribution is 6.32. The number of rotatable bonds is 7. The van der Waals surface area contributed by atoms with E-state index in [0.717, 1.165) is 0 Å². The number of nitrogens with zero attached hydrogens (tertiary/aromatic N) is 2. The Labute approximate surface area is 117 Å². The van der Waals surface area contributed by atoms with Gasteiger partial charge in [0.2, 0.25) is 0 Å². The van der Waals surface area contributed by atoms with Crippen LogP contribution in [-0.2, 0) is 6.54 Å². The van der Waals surface area contributed by atoms with Crippen molar-refractivity contribution >= 4 is 17.3 Å². The van der Waals surface area contributed by atoms with Crippen LogP contribution in [0, 0.1) is 5.92 Å². The van der Waals surface area contributed by atoms with E-state index in [9.17, 15) is 9.90 Å². The molecule has 106 valence electrons. The van der Waals surface area contributed by atoms with Crippen LogP contribution in [0.3, 0.4) is 0 Å². The summed E-state index contributed by atoms with van der Waals surface area (Å²) in [6.45, 7) is 8.27. The molecule has 0 radical (unpaired) electrons. The number of aliphatic hydroxyl groups excluding tert-OH is 1. The first-order chi connectivity index (χ1) is 8.95. The number of hydrogen-bond acceptors (Lipinski definition) is 4. The highest BCUT2D eigenvalue weighted by atomic mass is 35.5. The number of hydrogen-bond donors (Lipinski definition) is 2. The van der Waals surface area contributed by atoms with Crippen molar-refractivity contribution < 1.29 is 5.11 Å². The van der Waals surface area contributed by atoms with Crippen molar-refractivity contribution in [2.45, 2.75) is 32.9 Å². The van der Waals surface area contributed by atoms with Crippen LogP contribution in [-0.4, -0.2) is 27.5 Å². The van der Waals surface area contributed by atoms with E-state index in [1.165, 1.54) is 10.9 Å². The maximum Gasteiger partial charge on any atom is 0.287 e. The van der Waals surface area contributed by atoms with Crippen LogP contribution >= 0.6 is 11.6 Å². The van der Waals surface area contributed by atoms with Crippen LogP contribution in [0.15, 0.2) is 23.6 Å². The molecule has 0 saturated heterocycles. The Hall–Kier alpha value is -1.33. The lowest BCUT2D eigenvalue weighted by Crippen LogP contribution is -2.26. The van der Waals surface area contributed by atoms with Crippen LogP contribution in [0.1, 0.15) is 20.3 Å². The van der Waals surface area contributed by atoms with Crippen molar-refractivity contribution in [1.29, 1.82) is 0 Å². The normalized spacial score (nSPS) is 12.5. The molecule has 0 amide bonds. The molecule has 0 aromatic carbocycles. The van der Waals surface area contributed by atoms with Gasteiger partial charge in [-0.25, -0.2) is 4.68 Å².